The Morgan fingerprint density at radius 3 is 2.10 bits per heavy atom. The van der Waals surface area contributed by atoms with Crippen LogP contribution in [0.4, 0.5) is 26.3 Å². The van der Waals surface area contributed by atoms with Crippen molar-refractivity contribution in [1.82, 2.24) is 15.2 Å². The lowest BCUT2D eigenvalue weighted by atomic mass is 9.72. The Balaban J connectivity index is 0.000000289. The number of rotatable bonds is 3. The van der Waals surface area contributed by atoms with Crippen LogP contribution in [0.5, 0.6) is 0 Å². The molecule has 2 heterocycles. The van der Waals surface area contributed by atoms with Gasteiger partial charge in [-0.2, -0.15) is 26.3 Å². The van der Waals surface area contributed by atoms with Gasteiger partial charge in [0.15, 0.2) is 0 Å². The molecule has 0 amide bonds. The number of fused-ring (bicyclic) bond motifs is 3. The highest BCUT2D eigenvalue weighted by Gasteiger charge is 2.52. The van der Waals surface area contributed by atoms with E-state index in [2.05, 4.69) is 70.8 Å². The first-order valence-electron chi connectivity index (χ1n) is 12.7. The number of aliphatic carboxylic acids is 2. The number of alkyl halides is 6. The molecule has 0 saturated carbocycles. The number of halogens is 6. The van der Waals surface area contributed by atoms with Crippen molar-refractivity contribution in [3.63, 3.8) is 0 Å². The van der Waals surface area contributed by atoms with Crippen LogP contribution in [-0.4, -0.2) is 75.7 Å². The summed E-state index contributed by atoms with van der Waals surface area (Å²) in [6.07, 6.45) is -6.72. The Labute approximate surface area is 236 Å². The van der Waals surface area contributed by atoms with Gasteiger partial charge in [0, 0.05) is 23.5 Å². The van der Waals surface area contributed by atoms with Crippen LogP contribution in [0, 0.1) is 0 Å². The maximum absolute atomic E-state index is 11.5. The maximum Gasteiger partial charge on any atom is 0.490 e. The number of piperidine rings is 1. The van der Waals surface area contributed by atoms with E-state index >= 15 is 0 Å². The van der Waals surface area contributed by atoms with Crippen LogP contribution in [0.15, 0.2) is 60.8 Å². The molecule has 4 N–H and O–H groups in total. The lowest BCUT2D eigenvalue weighted by molar-refractivity contribution is -0.193. The third kappa shape index (κ3) is 7.55. The second kappa shape index (κ2) is 13.0. The minimum atomic E-state index is -5.08. The molecule has 2 atom stereocenters. The van der Waals surface area contributed by atoms with Gasteiger partial charge in [0.05, 0.1) is 17.7 Å². The van der Waals surface area contributed by atoms with Gasteiger partial charge in [0.2, 0.25) is 0 Å². The van der Waals surface area contributed by atoms with Crippen LogP contribution in [0.2, 0.25) is 0 Å². The summed E-state index contributed by atoms with van der Waals surface area (Å²) in [6.45, 7) is 2.74. The van der Waals surface area contributed by atoms with Gasteiger partial charge in [-0.1, -0.05) is 36.4 Å². The number of aliphatic hydroxyl groups is 1. The monoisotopic (exact) mass is 601 g/mol. The van der Waals surface area contributed by atoms with E-state index in [1.54, 1.807) is 0 Å². The van der Waals surface area contributed by atoms with Crippen molar-refractivity contribution in [3.8, 4) is 0 Å². The van der Waals surface area contributed by atoms with E-state index in [0.29, 0.717) is 0 Å². The van der Waals surface area contributed by atoms with Crippen molar-refractivity contribution in [1.29, 1.82) is 0 Å². The minimum absolute atomic E-state index is 0.0268. The molecule has 2 aromatic carbocycles. The van der Waals surface area contributed by atoms with E-state index in [4.69, 9.17) is 19.8 Å². The fourth-order valence-corrected chi connectivity index (χ4v) is 5.37. The topological polar surface area (TPSA) is 123 Å². The number of aromatic nitrogens is 1. The molecular formula is C28H29F6N3O5. The number of hydrogen-bond acceptors (Lipinski definition) is 6. The van der Waals surface area contributed by atoms with E-state index in [0.717, 1.165) is 43.4 Å². The third-order valence-electron chi connectivity index (χ3n) is 7.24. The third-order valence-corrected chi connectivity index (χ3v) is 7.24. The molecule has 14 heteroatoms. The molecule has 0 unspecified atom stereocenters. The Morgan fingerprint density at radius 2 is 1.52 bits per heavy atom. The Bertz CT molecular complexity index is 1370. The summed E-state index contributed by atoms with van der Waals surface area (Å²) >= 11 is 0. The molecule has 228 valence electrons. The van der Waals surface area contributed by atoms with Crippen molar-refractivity contribution in [3.05, 3.63) is 77.5 Å². The molecule has 0 bridgehead atoms. The zero-order valence-corrected chi connectivity index (χ0v) is 22.3. The standard InChI is InChI=1S/C24H27N3O.2C2HF3O2/c1-27(16-17-8-9-21-18(15-17)5-4-12-26-21)22-19-6-2-3-7-20(19)24(23(22)28)10-13-25-14-11-24;2*3-2(4,5)1(6)7/h2-9,12,15,22-23,25,28H,10-11,13-14,16H2,1H3;2*(H,6,7)/t22-,23+;;/m1../s1. The second-order valence-corrected chi connectivity index (χ2v) is 9.93. The fraction of sp³-hybridized carbons (Fsp3) is 0.393. The average Bonchev–Trinajstić information content (AvgIpc) is 3.16. The zero-order valence-electron chi connectivity index (χ0n) is 22.3. The molecule has 3 aromatic rings. The zero-order chi connectivity index (χ0) is 31.3. The highest BCUT2D eigenvalue weighted by atomic mass is 19.4. The molecule has 5 rings (SSSR count). The summed E-state index contributed by atoms with van der Waals surface area (Å²) < 4.78 is 63.5. The van der Waals surface area contributed by atoms with Crippen LogP contribution >= 0.6 is 0 Å². The molecule has 1 saturated heterocycles. The van der Waals surface area contributed by atoms with E-state index in [-0.39, 0.29) is 17.6 Å². The Kier molecular flexibility index (Phi) is 10.2. The van der Waals surface area contributed by atoms with Crippen molar-refractivity contribution in [2.24, 2.45) is 0 Å². The highest BCUT2D eigenvalue weighted by Crippen LogP contribution is 2.52. The van der Waals surface area contributed by atoms with Crippen molar-refractivity contribution >= 4 is 22.8 Å². The number of nitrogens with one attached hydrogen (secondary N) is 1. The first kappa shape index (κ1) is 32.8. The number of carboxylic acid groups (broad SMARTS) is 2. The minimum Gasteiger partial charge on any atom is -0.475 e. The van der Waals surface area contributed by atoms with Crippen molar-refractivity contribution in [2.45, 2.75) is 49.3 Å². The number of pyridine rings is 1. The Morgan fingerprint density at radius 1 is 0.952 bits per heavy atom. The van der Waals surface area contributed by atoms with Gasteiger partial charge in [0.1, 0.15) is 0 Å². The molecule has 42 heavy (non-hydrogen) atoms. The summed E-state index contributed by atoms with van der Waals surface area (Å²) in [6, 6.07) is 19.2. The first-order valence-corrected chi connectivity index (χ1v) is 12.7. The number of carboxylic acids is 2. The molecule has 1 aliphatic heterocycles. The van der Waals surface area contributed by atoms with Crippen LogP contribution in [0.1, 0.15) is 35.6 Å². The van der Waals surface area contributed by atoms with Gasteiger partial charge in [-0.3, -0.25) is 9.88 Å². The number of aliphatic hydroxyl groups excluding tert-OH is 1. The lowest BCUT2D eigenvalue weighted by Crippen LogP contribution is -2.48. The number of likely N-dealkylation sites (N-methyl/N-ethyl adjacent to an activating group) is 1. The summed E-state index contributed by atoms with van der Waals surface area (Å²) in [7, 11) is 2.14. The predicted octanol–water partition coefficient (Wildman–Crippen LogP) is 4.67. The molecule has 0 radical (unpaired) electrons. The normalized spacial score (nSPS) is 19.4. The summed E-state index contributed by atoms with van der Waals surface area (Å²) in [5.74, 6) is -5.51. The van der Waals surface area contributed by atoms with E-state index in [1.165, 1.54) is 16.7 Å². The number of hydrogen-bond donors (Lipinski definition) is 4. The van der Waals surface area contributed by atoms with Gasteiger partial charge < -0.3 is 20.6 Å². The first-order chi connectivity index (χ1) is 19.6. The molecule has 8 nitrogen and oxygen atoms in total. The van der Waals surface area contributed by atoms with Crippen LogP contribution in [-0.2, 0) is 21.5 Å². The Hall–Kier alpha value is -3.75. The summed E-state index contributed by atoms with van der Waals surface area (Å²) in [4.78, 5) is 24.5. The summed E-state index contributed by atoms with van der Waals surface area (Å²) in [5.41, 5.74) is 4.80. The van der Waals surface area contributed by atoms with Gasteiger partial charge in [-0.05, 0) is 67.9 Å². The lowest BCUT2D eigenvalue weighted by Gasteiger charge is -2.40. The second-order valence-electron chi connectivity index (χ2n) is 9.93. The smallest absolute Gasteiger partial charge is 0.475 e. The van der Waals surface area contributed by atoms with E-state index < -0.39 is 24.3 Å². The molecule has 1 spiro atoms. The van der Waals surface area contributed by atoms with E-state index in [1.807, 2.05) is 12.3 Å². The summed E-state index contributed by atoms with van der Waals surface area (Å²) in [5, 5.41) is 30.4. The quantitative estimate of drug-likeness (QED) is 0.320. The van der Waals surface area contributed by atoms with Gasteiger partial charge in [0.25, 0.3) is 0 Å². The van der Waals surface area contributed by atoms with Crippen molar-refractivity contribution < 1.29 is 51.3 Å². The molecular weight excluding hydrogens is 572 g/mol. The van der Waals surface area contributed by atoms with Gasteiger partial charge in [-0.15, -0.1) is 0 Å². The van der Waals surface area contributed by atoms with Crippen LogP contribution in [0.3, 0.4) is 0 Å². The van der Waals surface area contributed by atoms with E-state index in [9.17, 15) is 31.4 Å². The number of nitrogens with zero attached hydrogens (tertiary/aromatic N) is 2. The molecule has 2 aliphatic rings. The average molecular weight is 602 g/mol. The molecule has 1 fully saturated rings. The molecule has 1 aliphatic carbocycles. The SMILES string of the molecule is CN(Cc1ccc2ncccc2c1)[C@@H]1c2ccccc2C2(CCNCC2)[C@H]1O.O=C(O)C(F)(F)F.O=C(O)C(F)(F)F. The highest BCUT2D eigenvalue weighted by molar-refractivity contribution is 5.78. The number of benzene rings is 2. The van der Waals surface area contributed by atoms with Crippen molar-refractivity contribution in [2.75, 3.05) is 20.1 Å². The van der Waals surface area contributed by atoms with Crippen LogP contribution < -0.4 is 5.32 Å². The molecule has 1 aromatic heterocycles. The fourth-order valence-electron chi connectivity index (χ4n) is 5.37. The predicted molar refractivity (Wildman–Crippen MR) is 140 cm³/mol. The van der Waals surface area contributed by atoms with Gasteiger partial charge in [-0.25, -0.2) is 9.59 Å². The number of carbonyl (C=O) groups is 2. The largest absolute Gasteiger partial charge is 0.490 e. The maximum atomic E-state index is 11.5. The van der Waals surface area contributed by atoms with Gasteiger partial charge >= 0.3 is 24.3 Å². The van der Waals surface area contributed by atoms with Crippen LogP contribution in [0.25, 0.3) is 10.9 Å².